The van der Waals surface area contributed by atoms with Crippen molar-refractivity contribution in [1.29, 1.82) is 0 Å². The molecule has 1 heterocycles. The van der Waals surface area contributed by atoms with Gasteiger partial charge in [0.25, 0.3) is 0 Å². The van der Waals surface area contributed by atoms with Crippen molar-refractivity contribution in [2.24, 2.45) is 0 Å². The van der Waals surface area contributed by atoms with Crippen molar-refractivity contribution in [2.45, 2.75) is 65.0 Å². The average molecular weight is 169 g/mol. The zero-order chi connectivity index (χ0) is 9.19. The summed E-state index contributed by atoms with van der Waals surface area (Å²) in [7, 11) is 0. The highest BCUT2D eigenvalue weighted by atomic mass is 15.2. The summed E-state index contributed by atoms with van der Waals surface area (Å²) >= 11 is 0. The molecule has 1 nitrogen and oxygen atoms in total. The molecule has 0 aromatic rings. The zero-order valence-corrected chi connectivity index (χ0v) is 9.06. The van der Waals surface area contributed by atoms with E-state index in [0.717, 1.165) is 6.04 Å². The fraction of sp³-hybridized carbons (Fsp3) is 1.00. The molecule has 1 rings (SSSR count). The van der Waals surface area contributed by atoms with E-state index in [4.69, 9.17) is 0 Å². The molecule has 0 bridgehead atoms. The fourth-order valence-corrected chi connectivity index (χ4v) is 2.27. The first-order chi connectivity index (χ1) is 5.52. The van der Waals surface area contributed by atoms with Crippen LogP contribution in [0.25, 0.3) is 0 Å². The lowest BCUT2D eigenvalue weighted by molar-refractivity contribution is 0.0941. The summed E-state index contributed by atoms with van der Waals surface area (Å²) in [6, 6.07) is 0.785. The van der Waals surface area contributed by atoms with Crippen molar-refractivity contribution < 1.29 is 0 Å². The molecule has 0 aliphatic carbocycles. The van der Waals surface area contributed by atoms with Crippen LogP contribution in [0.2, 0.25) is 0 Å². The summed E-state index contributed by atoms with van der Waals surface area (Å²) in [4.78, 5) is 2.65. The largest absolute Gasteiger partial charge is 0.296 e. The van der Waals surface area contributed by atoms with Gasteiger partial charge in [-0.05, 0) is 47.1 Å². The van der Waals surface area contributed by atoms with E-state index in [1.165, 1.54) is 32.2 Å². The van der Waals surface area contributed by atoms with Crippen LogP contribution in [-0.4, -0.2) is 23.0 Å². The zero-order valence-electron chi connectivity index (χ0n) is 9.06. The van der Waals surface area contributed by atoms with Crippen LogP contribution in [0.1, 0.15) is 53.4 Å². The standard InChI is InChI=1S/C11H23N/c1-10-8-6-5-7-9-12(10)11(2,3)4/h10H,5-9H2,1-4H3. The fourth-order valence-electron chi connectivity index (χ4n) is 2.27. The Morgan fingerprint density at radius 2 is 1.75 bits per heavy atom. The van der Waals surface area contributed by atoms with Gasteiger partial charge >= 0.3 is 0 Å². The Labute approximate surface area is 77.1 Å². The molecule has 0 N–H and O–H groups in total. The molecule has 0 spiro atoms. The van der Waals surface area contributed by atoms with Crippen molar-refractivity contribution in [3.8, 4) is 0 Å². The van der Waals surface area contributed by atoms with Crippen molar-refractivity contribution >= 4 is 0 Å². The quantitative estimate of drug-likeness (QED) is 0.539. The lowest BCUT2D eigenvalue weighted by atomic mass is 10.0. The molecule has 72 valence electrons. The lowest BCUT2D eigenvalue weighted by Gasteiger charge is -2.39. The second-order valence-corrected chi connectivity index (χ2v) is 5.06. The van der Waals surface area contributed by atoms with E-state index < -0.39 is 0 Å². The second-order valence-electron chi connectivity index (χ2n) is 5.06. The number of likely N-dealkylation sites (tertiary alicyclic amines) is 1. The molecule has 0 aromatic carbocycles. The Kier molecular flexibility index (Phi) is 3.16. The smallest absolute Gasteiger partial charge is 0.0127 e. The SMILES string of the molecule is CC1CCCCCN1C(C)(C)C. The Morgan fingerprint density at radius 1 is 1.08 bits per heavy atom. The Balaban J connectivity index is 2.59. The monoisotopic (exact) mass is 169 g/mol. The van der Waals surface area contributed by atoms with Gasteiger partial charge in [-0.15, -0.1) is 0 Å². The van der Waals surface area contributed by atoms with Crippen LogP contribution < -0.4 is 0 Å². The molecule has 0 aromatic heterocycles. The molecular weight excluding hydrogens is 146 g/mol. The van der Waals surface area contributed by atoms with Crippen molar-refractivity contribution in [2.75, 3.05) is 6.54 Å². The van der Waals surface area contributed by atoms with Gasteiger partial charge < -0.3 is 0 Å². The molecule has 1 atom stereocenters. The summed E-state index contributed by atoms with van der Waals surface area (Å²) in [6.45, 7) is 10.7. The van der Waals surface area contributed by atoms with Crippen LogP contribution in [-0.2, 0) is 0 Å². The molecule has 1 aliphatic rings. The van der Waals surface area contributed by atoms with E-state index in [0.29, 0.717) is 5.54 Å². The minimum Gasteiger partial charge on any atom is -0.296 e. The highest BCUT2D eigenvalue weighted by Gasteiger charge is 2.26. The first kappa shape index (κ1) is 10.0. The number of rotatable bonds is 0. The van der Waals surface area contributed by atoms with E-state index in [1.807, 2.05) is 0 Å². The highest BCUT2D eigenvalue weighted by Crippen LogP contribution is 2.24. The van der Waals surface area contributed by atoms with Gasteiger partial charge in [0.15, 0.2) is 0 Å². The molecule has 1 unspecified atom stereocenters. The van der Waals surface area contributed by atoms with Gasteiger partial charge in [-0.25, -0.2) is 0 Å². The molecule has 1 heteroatoms. The van der Waals surface area contributed by atoms with E-state index in [2.05, 4.69) is 32.6 Å². The van der Waals surface area contributed by atoms with Crippen LogP contribution >= 0.6 is 0 Å². The normalized spacial score (nSPS) is 28.5. The maximum Gasteiger partial charge on any atom is 0.0127 e. The maximum atomic E-state index is 2.65. The van der Waals surface area contributed by atoms with Gasteiger partial charge in [-0.3, -0.25) is 4.90 Å². The highest BCUT2D eigenvalue weighted by molar-refractivity contribution is 4.82. The maximum absolute atomic E-state index is 2.65. The minimum atomic E-state index is 0.365. The van der Waals surface area contributed by atoms with E-state index in [-0.39, 0.29) is 0 Å². The Bertz CT molecular complexity index is 134. The van der Waals surface area contributed by atoms with E-state index >= 15 is 0 Å². The number of hydrogen-bond donors (Lipinski definition) is 0. The number of hydrogen-bond acceptors (Lipinski definition) is 1. The average Bonchev–Trinajstić information content (AvgIpc) is 2.11. The minimum absolute atomic E-state index is 0.365. The molecule has 1 aliphatic heterocycles. The van der Waals surface area contributed by atoms with Gasteiger partial charge in [0.1, 0.15) is 0 Å². The van der Waals surface area contributed by atoms with Crippen molar-refractivity contribution in [3.63, 3.8) is 0 Å². The van der Waals surface area contributed by atoms with Crippen LogP contribution in [0.15, 0.2) is 0 Å². The summed E-state index contributed by atoms with van der Waals surface area (Å²) in [5.41, 5.74) is 0.365. The summed E-state index contributed by atoms with van der Waals surface area (Å²) in [6.07, 6.45) is 5.63. The third kappa shape index (κ3) is 2.48. The van der Waals surface area contributed by atoms with Crippen LogP contribution in [0, 0.1) is 0 Å². The number of nitrogens with zero attached hydrogens (tertiary/aromatic N) is 1. The van der Waals surface area contributed by atoms with Gasteiger partial charge in [0, 0.05) is 11.6 Å². The van der Waals surface area contributed by atoms with Gasteiger partial charge in [-0.1, -0.05) is 12.8 Å². The van der Waals surface area contributed by atoms with Crippen molar-refractivity contribution in [3.05, 3.63) is 0 Å². The van der Waals surface area contributed by atoms with Crippen LogP contribution in [0.3, 0.4) is 0 Å². The summed E-state index contributed by atoms with van der Waals surface area (Å²) < 4.78 is 0. The first-order valence-corrected chi connectivity index (χ1v) is 5.28. The lowest BCUT2D eigenvalue weighted by Crippen LogP contribution is -2.46. The topological polar surface area (TPSA) is 3.24 Å². The summed E-state index contributed by atoms with van der Waals surface area (Å²) in [5.74, 6) is 0. The first-order valence-electron chi connectivity index (χ1n) is 5.28. The third-order valence-electron chi connectivity index (χ3n) is 2.91. The Morgan fingerprint density at radius 3 is 2.33 bits per heavy atom. The van der Waals surface area contributed by atoms with Crippen LogP contribution in [0.4, 0.5) is 0 Å². The molecule has 0 radical (unpaired) electrons. The molecule has 12 heavy (non-hydrogen) atoms. The molecule has 0 amide bonds. The molecule has 1 saturated heterocycles. The molecular formula is C11H23N. The van der Waals surface area contributed by atoms with Gasteiger partial charge in [0.2, 0.25) is 0 Å². The predicted octanol–water partition coefficient (Wildman–Crippen LogP) is 3.05. The summed E-state index contributed by atoms with van der Waals surface area (Å²) in [5, 5.41) is 0. The van der Waals surface area contributed by atoms with E-state index in [1.54, 1.807) is 0 Å². The van der Waals surface area contributed by atoms with E-state index in [9.17, 15) is 0 Å². The van der Waals surface area contributed by atoms with Gasteiger partial charge in [0.05, 0.1) is 0 Å². The predicted molar refractivity (Wildman–Crippen MR) is 54.4 cm³/mol. The van der Waals surface area contributed by atoms with Crippen molar-refractivity contribution in [1.82, 2.24) is 4.90 Å². The molecule has 1 fully saturated rings. The second kappa shape index (κ2) is 3.78. The third-order valence-corrected chi connectivity index (χ3v) is 2.91. The van der Waals surface area contributed by atoms with Gasteiger partial charge in [-0.2, -0.15) is 0 Å². The molecule has 0 saturated carbocycles. The Hall–Kier alpha value is -0.0400. The van der Waals surface area contributed by atoms with Crippen LogP contribution in [0.5, 0.6) is 0 Å².